The number of amides is 1. The summed E-state index contributed by atoms with van der Waals surface area (Å²) in [6.07, 6.45) is 1.44. The smallest absolute Gasteiger partial charge is 0.274 e. The van der Waals surface area contributed by atoms with Gasteiger partial charge in [-0.05, 0) is 12.0 Å². The lowest BCUT2D eigenvalue weighted by molar-refractivity contribution is 0.0943. The molecule has 8 heteroatoms. The first-order chi connectivity index (χ1) is 8.80. The lowest BCUT2D eigenvalue weighted by Crippen LogP contribution is -2.36. The summed E-state index contributed by atoms with van der Waals surface area (Å²) in [7, 11) is -3.20. The molecule has 1 aromatic heterocycles. The summed E-state index contributed by atoms with van der Waals surface area (Å²) in [5.41, 5.74) is 6.94. The summed E-state index contributed by atoms with van der Waals surface area (Å²) < 4.78 is 22.5. The number of nitrogen functional groups attached to an aromatic ring is 1. The molecule has 1 aromatic rings. The monoisotopic (exact) mass is 284 g/mol. The van der Waals surface area contributed by atoms with Crippen molar-refractivity contribution in [2.24, 2.45) is 0 Å². The van der Waals surface area contributed by atoms with E-state index < -0.39 is 21.8 Å². The highest BCUT2D eigenvalue weighted by atomic mass is 32.2. The quantitative estimate of drug-likeness (QED) is 0.730. The molecule has 2 heterocycles. The van der Waals surface area contributed by atoms with Crippen LogP contribution in [0.25, 0.3) is 0 Å². The number of hydrogen-bond donors (Lipinski definition) is 3. The zero-order chi connectivity index (χ0) is 14.2. The minimum Gasteiger partial charge on any atom is -0.395 e. The van der Waals surface area contributed by atoms with Crippen LogP contribution in [0.2, 0.25) is 0 Å². The van der Waals surface area contributed by atoms with Crippen LogP contribution in [0.3, 0.4) is 0 Å². The van der Waals surface area contributed by atoms with Crippen LogP contribution >= 0.6 is 0 Å². The number of anilines is 1. The van der Waals surface area contributed by atoms with E-state index in [0.717, 1.165) is 5.41 Å². The molecule has 19 heavy (non-hydrogen) atoms. The Labute approximate surface area is 111 Å². The van der Waals surface area contributed by atoms with E-state index >= 15 is 0 Å². The Kier molecular flexibility index (Phi) is 3.36. The van der Waals surface area contributed by atoms with Crippen LogP contribution in [0, 0.1) is 0 Å². The van der Waals surface area contributed by atoms with Gasteiger partial charge < -0.3 is 11.1 Å². The van der Waals surface area contributed by atoms with E-state index in [4.69, 9.17) is 5.73 Å². The third-order valence-electron chi connectivity index (χ3n) is 2.87. The standard InChI is InChI=1S/C11H16N4O3S/c1-6(2)9-8(12)10(15-14-9)11(16)13-7-3-4-19(17,18)5-7/h3-4,6-7H,5,12H2,1-2H3,(H,13,16)(H,14,15). The highest BCUT2D eigenvalue weighted by Gasteiger charge is 2.26. The fourth-order valence-corrected chi connectivity index (χ4v) is 3.11. The molecule has 2 rings (SSSR count). The minimum atomic E-state index is -3.20. The van der Waals surface area contributed by atoms with Gasteiger partial charge in [0.15, 0.2) is 15.5 Å². The largest absolute Gasteiger partial charge is 0.395 e. The summed E-state index contributed by atoms with van der Waals surface area (Å²) in [6.45, 7) is 3.86. The van der Waals surface area contributed by atoms with Crippen molar-refractivity contribution in [1.82, 2.24) is 15.5 Å². The summed E-state index contributed by atoms with van der Waals surface area (Å²) >= 11 is 0. The van der Waals surface area contributed by atoms with Gasteiger partial charge in [0.25, 0.3) is 5.91 Å². The van der Waals surface area contributed by atoms with Gasteiger partial charge in [-0.15, -0.1) is 0 Å². The molecule has 104 valence electrons. The number of aromatic nitrogens is 2. The first kappa shape index (κ1) is 13.6. The highest BCUT2D eigenvalue weighted by molar-refractivity contribution is 7.94. The van der Waals surface area contributed by atoms with E-state index in [1.165, 1.54) is 6.08 Å². The van der Waals surface area contributed by atoms with Crippen molar-refractivity contribution < 1.29 is 13.2 Å². The Morgan fingerprint density at radius 3 is 2.74 bits per heavy atom. The Morgan fingerprint density at radius 2 is 2.26 bits per heavy atom. The van der Waals surface area contributed by atoms with Crippen LogP contribution in [-0.2, 0) is 9.84 Å². The number of nitrogens with two attached hydrogens (primary N) is 1. The van der Waals surface area contributed by atoms with Gasteiger partial charge in [0.05, 0.1) is 23.2 Å². The molecule has 0 aromatic carbocycles. The van der Waals surface area contributed by atoms with Gasteiger partial charge in [-0.1, -0.05) is 13.8 Å². The molecule has 0 bridgehead atoms. The Hall–Kier alpha value is -1.83. The molecule has 0 aliphatic carbocycles. The average molecular weight is 284 g/mol. The number of H-pyrrole nitrogens is 1. The van der Waals surface area contributed by atoms with Crippen molar-refractivity contribution in [3.8, 4) is 0 Å². The van der Waals surface area contributed by atoms with Crippen molar-refractivity contribution in [3.63, 3.8) is 0 Å². The number of nitrogens with zero attached hydrogens (tertiary/aromatic N) is 1. The van der Waals surface area contributed by atoms with Gasteiger partial charge in [-0.3, -0.25) is 9.89 Å². The molecule has 0 saturated carbocycles. The minimum absolute atomic E-state index is 0.0985. The zero-order valence-corrected chi connectivity index (χ0v) is 11.5. The zero-order valence-electron chi connectivity index (χ0n) is 10.7. The summed E-state index contributed by atoms with van der Waals surface area (Å²) in [6, 6.07) is -0.531. The molecule has 0 spiro atoms. The Balaban J connectivity index is 2.12. The Bertz CT molecular complexity index is 630. The maximum Gasteiger partial charge on any atom is 0.274 e. The molecular formula is C11H16N4O3S. The van der Waals surface area contributed by atoms with Gasteiger partial charge in [0.2, 0.25) is 0 Å². The van der Waals surface area contributed by atoms with E-state index in [1.807, 2.05) is 13.8 Å². The summed E-state index contributed by atoms with van der Waals surface area (Å²) in [4.78, 5) is 12.0. The fourth-order valence-electron chi connectivity index (χ4n) is 1.88. The van der Waals surface area contributed by atoms with Crippen LogP contribution in [-0.4, -0.2) is 36.3 Å². The van der Waals surface area contributed by atoms with Gasteiger partial charge >= 0.3 is 0 Å². The molecule has 1 unspecified atom stereocenters. The molecule has 0 saturated heterocycles. The van der Waals surface area contributed by atoms with Crippen LogP contribution in [0.5, 0.6) is 0 Å². The van der Waals surface area contributed by atoms with Crippen molar-refractivity contribution >= 4 is 21.4 Å². The van der Waals surface area contributed by atoms with Gasteiger partial charge in [0.1, 0.15) is 0 Å². The predicted octanol–water partition coefficient (Wildman–Crippen LogP) is 0.156. The van der Waals surface area contributed by atoms with Crippen molar-refractivity contribution in [2.75, 3.05) is 11.5 Å². The second kappa shape index (κ2) is 4.69. The first-order valence-corrected chi connectivity index (χ1v) is 7.57. The molecule has 1 aliphatic rings. The van der Waals surface area contributed by atoms with Gasteiger partial charge in [-0.2, -0.15) is 5.10 Å². The maximum absolute atomic E-state index is 12.0. The number of hydrogen-bond acceptors (Lipinski definition) is 5. The molecule has 0 fully saturated rings. The average Bonchev–Trinajstić information content (AvgIpc) is 2.81. The second-order valence-electron chi connectivity index (χ2n) is 4.79. The van der Waals surface area contributed by atoms with Crippen molar-refractivity contribution in [2.45, 2.75) is 25.8 Å². The van der Waals surface area contributed by atoms with Crippen molar-refractivity contribution in [3.05, 3.63) is 22.9 Å². The SMILES string of the molecule is CC(C)c1[nH]nc(C(=O)NC2C=CS(=O)(=O)C2)c1N. The molecular weight excluding hydrogens is 268 g/mol. The van der Waals surface area contributed by atoms with E-state index in [9.17, 15) is 13.2 Å². The molecule has 1 atom stereocenters. The van der Waals surface area contributed by atoms with E-state index in [0.29, 0.717) is 11.4 Å². The molecule has 0 radical (unpaired) electrons. The maximum atomic E-state index is 12.0. The summed E-state index contributed by atoms with van der Waals surface area (Å²) in [5.74, 6) is -0.478. The number of nitrogens with one attached hydrogen (secondary N) is 2. The number of carbonyl (C=O) groups excluding carboxylic acids is 1. The van der Waals surface area contributed by atoms with Gasteiger partial charge in [0, 0.05) is 5.41 Å². The predicted molar refractivity (Wildman–Crippen MR) is 71.3 cm³/mol. The fraction of sp³-hybridized carbons (Fsp3) is 0.455. The molecule has 1 amide bonds. The Morgan fingerprint density at radius 1 is 1.58 bits per heavy atom. The third-order valence-corrected chi connectivity index (χ3v) is 4.27. The second-order valence-corrected chi connectivity index (χ2v) is 6.72. The molecule has 1 aliphatic heterocycles. The first-order valence-electron chi connectivity index (χ1n) is 5.85. The third kappa shape index (κ3) is 2.78. The molecule has 4 N–H and O–H groups in total. The molecule has 7 nitrogen and oxygen atoms in total. The summed E-state index contributed by atoms with van der Waals surface area (Å²) in [5, 5.41) is 10.3. The van der Waals surface area contributed by atoms with Crippen LogP contribution in [0.15, 0.2) is 11.5 Å². The van der Waals surface area contributed by atoms with E-state index in [-0.39, 0.29) is 17.4 Å². The van der Waals surface area contributed by atoms with Crippen molar-refractivity contribution in [1.29, 1.82) is 0 Å². The van der Waals surface area contributed by atoms with Crippen LogP contribution in [0.1, 0.15) is 35.9 Å². The van der Waals surface area contributed by atoms with Gasteiger partial charge in [-0.25, -0.2) is 8.42 Å². The lowest BCUT2D eigenvalue weighted by atomic mass is 10.1. The lowest BCUT2D eigenvalue weighted by Gasteiger charge is -2.09. The van der Waals surface area contributed by atoms with Crippen LogP contribution in [0.4, 0.5) is 5.69 Å². The topological polar surface area (TPSA) is 118 Å². The van der Waals surface area contributed by atoms with E-state index in [2.05, 4.69) is 15.5 Å². The van der Waals surface area contributed by atoms with Crippen LogP contribution < -0.4 is 11.1 Å². The normalized spacial score (nSPS) is 20.9. The van der Waals surface area contributed by atoms with E-state index in [1.54, 1.807) is 0 Å². The number of aromatic amines is 1. The number of carbonyl (C=O) groups is 1. The number of rotatable bonds is 3. The highest BCUT2D eigenvalue weighted by Crippen LogP contribution is 2.22. The number of sulfone groups is 1.